The molecule has 0 spiro atoms. The highest BCUT2D eigenvalue weighted by Gasteiger charge is 2.67. The number of carbonyl (C=O) groups is 2. The average molecular weight is 689 g/mol. The Balaban J connectivity index is 0.000000150. The number of rotatable bonds is 4. The summed E-state index contributed by atoms with van der Waals surface area (Å²) in [6.07, 6.45) is 5.34. The number of hydrogen-bond donors (Lipinski definition) is 2. The van der Waals surface area contributed by atoms with E-state index in [1.54, 1.807) is 6.92 Å². The van der Waals surface area contributed by atoms with Crippen molar-refractivity contribution in [1.29, 1.82) is 0 Å². The van der Waals surface area contributed by atoms with Gasteiger partial charge in [-0.25, -0.2) is 22.2 Å². The second kappa shape index (κ2) is 12.3. The molecule has 4 bridgehead atoms. The van der Waals surface area contributed by atoms with Crippen LogP contribution in [0, 0.1) is 51.3 Å². The number of fused-ring (bicyclic) bond motifs is 7. The summed E-state index contributed by atoms with van der Waals surface area (Å²) in [6, 6.07) is 6.51. The number of halogens is 5. The summed E-state index contributed by atoms with van der Waals surface area (Å²) in [7, 11) is 0. The van der Waals surface area contributed by atoms with Gasteiger partial charge in [0.05, 0.1) is 11.6 Å². The summed E-state index contributed by atoms with van der Waals surface area (Å²) in [4.78, 5) is 36.1. The number of nitrogens with zero attached hydrogens (tertiary/aromatic N) is 2. The molecule has 12 heteroatoms. The Morgan fingerprint density at radius 2 is 1.52 bits per heavy atom. The molecule has 2 N–H and O–H groups in total. The first-order chi connectivity index (χ1) is 22.3. The maximum Gasteiger partial charge on any atom is 0.275 e. The molecule has 3 aromatic rings. The predicted octanol–water partition coefficient (Wildman–Crippen LogP) is 8.39. The van der Waals surface area contributed by atoms with Crippen molar-refractivity contribution in [3.63, 3.8) is 0 Å². The number of hydrazone groups is 1. The molecule has 7 rings (SSSR count). The van der Waals surface area contributed by atoms with E-state index < -0.39 is 34.4 Å². The standard InChI is InChI=1S/C17H18F2N2O.C11H15ClO2.C8H8F2N2/c1-16(2)10-6-7-17(16,3)14-13(10)15(22)21(20-14)12-5-4-9(18)8-11(12)19;1-10(2)6-4-5-11(10,3)8(13)7(6)9(12)14;1-2-11-12-8-4-3-6(9)5-7(8)10/h4-5,8,10,20H,6-7H2,1-3H3;6-7H,4-5H2,1-3H3;2-5,12H,1H3/b;;11-2+/t10-,17+;6-,7?,11+;/m11./s1. The Hall–Kier alpha value is -3.73. The molecule has 1 aromatic heterocycles. The lowest BCUT2D eigenvalue weighted by Gasteiger charge is -2.34. The average Bonchev–Trinajstić information content (AvgIpc) is 3.64. The van der Waals surface area contributed by atoms with Crippen LogP contribution in [0.25, 0.3) is 5.69 Å². The van der Waals surface area contributed by atoms with Crippen LogP contribution in [0.1, 0.15) is 91.3 Å². The summed E-state index contributed by atoms with van der Waals surface area (Å²) in [5, 5.41) is 6.24. The van der Waals surface area contributed by atoms with E-state index in [0.717, 1.165) is 61.2 Å². The van der Waals surface area contributed by atoms with Gasteiger partial charge < -0.3 is 0 Å². The largest absolute Gasteiger partial charge is 0.298 e. The van der Waals surface area contributed by atoms with E-state index in [1.165, 1.54) is 23.0 Å². The molecule has 7 nitrogen and oxygen atoms in total. The lowest BCUT2D eigenvalue weighted by Crippen LogP contribution is -2.34. The Kier molecular flexibility index (Phi) is 9.12. The van der Waals surface area contributed by atoms with Gasteiger partial charge in [0.25, 0.3) is 5.56 Å². The molecule has 1 heterocycles. The van der Waals surface area contributed by atoms with Crippen molar-refractivity contribution >= 4 is 34.5 Å². The molecule has 0 radical (unpaired) electrons. The van der Waals surface area contributed by atoms with Crippen molar-refractivity contribution in [2.24, 2.45) is 33.2 Å². The monoisotopic (exact) mass is 688 g/mol. The number of aromatic amines is 1. The zero-order chi connectivity index (χ0) is 35.6. The molecule has 1 unspecified atom stereocenters. The highest BCUT2D eigenvalue weighted by molar-refractivity contribution is 6.65. The summed E-state index contributed by atoms with van der Waals surface area (Å²) < 4.78 is 53.5. The predicted molar refractivity (Wildman–Crippen MR) is 178 cm³/mol. The highest BCUT2D eigenvalue weighted by atomic mass is 35.5. The number of benzene rings is 2. The van der Waals surface area contributed by atoms with Gasteiger partial charge in [-0.2, -0.15) is 5.10 Å². The number of aromatic nitrogens is 2. The van der Waals surface area contributed by atoms with Gasteiger partial charge in [-0.05, 0) is 91.1 Å². The third-order valence-electron chi connectivity index (χ3n) is 12.2. The van der Waals surface area contributed by atoms with Crippen LogP contribution in [0.3, 0.4) is 0 Å². The fourth-order valence-corrected chi connectivity index (χ4v) is 8.79. The van der Waals surface area contributed by atoms with Crippen LogP contribution in [-0.2, 0) is 15.0 Å². The van der Waals surface area contributed by atoms with Gasteiger partial charge in [0.2, 0.25) is 5.24 Å². The topological polar surface area (TPSA) is 96.3 Å². The second-order valence-electron chi connectivity index (χ2n) is 14.8. The quantitative estimate of drug-likeness (QED) is 0.0946. The Morgan fingerprint density at radius 3 is 2.02 bits per heavy atom. The van der Waals surface area contributed by atoms with Crippen LogP contribution in [0.2, 0.25) is 0 Å². The number of H-pyrrole nitrogens is 1. The molecule has 3 fully saturated rings. The first kappa shape index (κ1) is 35.6. The summed E-state index contributed by atoms with van der Waals surface area (Å²) in [6.45, 7) is 14.4. The molecule has 4 aliphatic rings. The van der Waals surface area contributed by atoms with Crippen LogP contribution in [-0.4, -0.2) is 27.0 Å². The molecule has 258 valence electrons. The molecule has 4 aliphatic carbocycles. The first-order valence-electron chi connectivity index (χ1n) is 16.1. The van der Waals surface area contributed by atoms with Crippen molar-refractivity contribution in [3.05, 3.63) is 81.3 Å². The van der Waals surface area contributed by atoms with Crippen molar-refractivity contribution in [3.8, 4) is 5.69 Å². The van der Waals surface area contributed by atoms with E-state index >= 15 is 0 Å². The number of ketones is 1. The van der Waals surface area contributed by atoms with E-state index in [-0.39, 0.29) is 56.2 Å². The molecular weight excluding hydrogens is 648 g/mol. The van der Waals surface area contributed by atoms with Crippen LogP contribution in [0.15, 0.2) is 46.3 Å². The van der Waals surface area contributed by atoms with Gasteiger partial charge in [-0.15, -0.1) is 0 Å². The first-order valence-corrected chi connectivity index (χ1v) is 16.4. The molecule has 48 heavy (non-hydrogen) atoms. The van der Waals surface area contributed by atoms with Gasteiger partial charge in [-0.3, -0.25) is 24.9 Å². The van der Waals surface area contributed by atoms with Crippen molar-refractivity contribution in [2.75, 3.05) is 5.43 Å². The third kappa shape index (κ3) is 5.33. The smallest absolute Gasteiger partial charge is 0.275 e. The zero-order valence-electron chi connectivity index (χ0n) is 28.1. The van der Waals surface area contributed by atoms with Gasteiger partial charge in [0.1, 0.15) is 17.3 Å². The van der Waals surface area contributed by atoms with E-state index in [9.17, 15) is 31.9 Å². The minimum Gasteiger partial charge on any atom is -0.298 e. The van der Waals surface area contributed by atoms with Gasteiger partial charge >= 0.3 is 0 Å². The van der Waals surface area contributed by atoms with Crippen molar-refractivity contribution < 1.29 is 27.2 Å². The number of nitrogens with one attached hydrogen (secondary N) is 2. The van der Waals surface area contributed by atoms with Gasteiger partial charge in [-0.1, -0.05) is 41.5 Å². The Labute approximate surface area is 282 Å². The molecule has 2 aromatic carbocycles. The fraction of sp³-hybridized carbons (Fsp3) is 0.500. The Bertz CT molecular complexity index is 1870. The van der Waals surface area contributed by atoms with Crippen LogP contribution < -0.4 is 11.0 Å². The molecule has 3 saturated carbocycles. The van der Waals surface area contributed by atoms with Gasteiger partial charge in [0.15, 0.2) is 17.4 Å². The van der Waals surface area contributed by atoms with E-state index in [4.69, 9.17) is 11.6 Å². The van der Waals surface area contributed by atoms with Crippen LogP contribution in [0.5, 0.6) is 0 Å². The lowest BCUT2D eigenvalue weighted by atomic mass is 9.70. The Morgan fingerprint density at radius 1 is 0.917 bits per heavy atom. The van der Waals surface area contributed by atoms with Crippen LogP contribution in [0.4, 0.5) is 23.2 Å². The van der Waals surface area contributed by atoms with E-state index in [2.05, 4.69) is 50.2 Å². The minimum absolute atomic E-state index is 0.0216. The maximum atomic E-state index is 14.0. The normalized spacial score (nSPS) is 28.5. The summed E-state index contributed by atoms with van der Waals surface area (Å²) >= 11 is 5.50. The van der Waals surface area contributed by atoms with Crippen molar-refractivity contribution in [2.45, 2.75) is 85.5 Å². The fourth-order valence-electron chi connectivity index (χ4n) is 8.54. The molecule has 0 amide bonds. The maximum absolute atomic E-state index is 14.0. The number of Topliss-reactive ketones (excluding diaryl/α,β-unsaturated/α-hetero) is 1. The van der Waals surface area contributed by atoms with Gasteiger partial charge in [0, 0.05) is 40.4 Å². The summed E-state index contributed by atoms with van der Waals surface area (Å²) in [5.74, 6) is -2.75. The molecule has 0 aliphatic heterocycles. The zero-order valence-corrected chi connectivity index (χ0v) is 28.9. The van der Waals surface area contributed by atoms with Crippen molar-refractivity contribution in [1.82, 2.24) is 9.78 Å². The number of anilines is 1. The number of hydrogen-bond acceptors (Lipinski definition) is 5. The summed E-state index contributed by atoms with van der Waals surface area (Å²) in [5.41, 5.74) is 3.66. The van der Waals surface area contributed by atoms with Crippen LogP contribution >= 0.6 is 11.6 Å². The molecular formula is C36H41ClF4N4O3. The highest BCUT2D eigenvalue weighted by Crippen LogP contribution is 2.67. The second-order valence-corrected chi connectivity index (χ2v) is 15.1. The SMILES string of the molecule is C/C=N/Nc1ccc(F)cc1F.CC1(C)[C@@H]2CC[C@@]1(C)C(=O)C2C(=O)Cl.CC1(C)[C@@H]2CC[C@@]1(C)c1[nH]n(-c3ccc(F)cc3F)c(=O)c12. The number of carbonyl (C=O) groups excluding carboxylic acids is 2. The van der Waals surface area contributed by atoms with E-state index in [0.29, 0.717) is 0 Å². The van der Waals surface area contributed by atoms with E-state index in [1.807, 2.05) is 6.92 Å². The molecule has 0 saturated heterocycles. The molecule has 5 atom stereocenters. The third-order valence-corrected chi connectivity index (χ3v) is 12.5. The minimum atomic E-state index is -0.737. The lowest BCUT2D eigenvalue weighted by molar-refractivity contribution is -0.135.